The number of nitrogens with two attached hydrogens (primary N) is 1. The van der Waals surface area contributed by atoms with Crippen LogP contribution in [0.25, 0.3) is 0 Å². The van der Waals surface area contributed by atoms with Gasteiger partial charge in [-0.25, -0.2) is 0 Å². The number of rotatable bonds is 3. The van der Waals surface area contributed by atoms with Crippen LogP contribution in [0.5, 0.6) is 0 Å². The first-order chi connectivity index (χ1) is 9.20. The first-order valence-corrected chi connectivity index (χ1v) is 6.84. The second kappa shape index (κ2) is 5.13. The van der Waals surface area contributed by atoms with Crippen molar-refractivity contribution in [1.82, 2.24) is 10.1 Å². The highest BCUT2D eigenvalue weighted by atomic mass is 16.5. The minimum Gasteiger partial charge on any atom is -0.339 e. The van der Waals surface area contributed by atoms with Crippen LogP contribution < -0.4 is 5.73 Å². The molecule has 0 amide bonds. The molecule has 0 bridgehead atoms. The maximum absolute atomic E-state index is 5.92. The highest BCUT2D eigenvalue weighted by Crippen LogP contribution is 2.32. The van der Waals surface area contributed by atoms with Crippen LogP contribution in [-0.2, 0) is 6.42 Å². The number of aromatic nitrogens is 2. The quantitative estimate of drug-likeness (QED) is 0.917. The summed E-state index contributed by atoms with van der Waals surface area (Å²) in [6.45, 7) is 2.08. The van der Waals surface area contributed by atoms with Crippen molar-refractivity contribution in [3.63, 3.8) is 0 Å². The third kappa shape index (κ3) is 2.84. The average molecular weight is 257 g/mol. The largest absolute Gasteiger partial charge is 0.339 e. The van der Waals surface area contributed by atoms with Gasteiger partial charge < -0.3 is 10.3 Å². The fourth-order valence-electron chi connectivity index (χ4n) is 2.63. The molecule has 0 radical (unpaired) electrons. The highest BCUT2D eigenvalue weighted by molar-refractivity contribution is 5.23. The smallest absolute Gasteiger partial charge is 0.229 e. The van der Waals surface area contributed by atoms with Gasteiger partial charge in [-0.1, -0.05) is 35.0 Å². The maximum atomic E-state index is 5.92. The number of nitrogens with zero attached hydrogens (tertiary/aromatic N) is 2. The van der Waals surface area contributed by atoms with Crippen molar-refractivity contribution in [2.24, 2.45) is 5.73 Å². The third-order valence-corrected chi connectivity index (χ3v) is 3.79. The highest BCUT2D eigenvalue weighted by Gasteiger charge is 2.27. The summed E-state index contributed by atoms with van der Waals surface area (Å²) in [6, 6.07) is 8.71. The zero-order chi connectivity index (χ0) is 13.2. The molecular weight excluding hydrogens is 238 g/mol. The molecule has 1 heterocycles. The van der Waals surface area contributed by atoms with Crippen LogP contribution in [0.2, 0.25) is 0 Å². The third-order valence-electron chi connectivity index (χ3n) is 3.79. The molecule has 1 saturated carbocycles. The van der Waals surface area contributed by atoms with Crippen LogP contribution in [0, 0.1) is 6.92 Å². The van der Waals surface area contributed by atoms with E-state index in [4.69, 9.17) is 10.3 Å². The van der Waals surface area contributed by atoms with Crippen LogP contribution in [0.3, 0.4) is 0 Å². The van der Waals surface area contributed by atoms with E-state index in [0.717, 1.165) is 37.4 Å². The molecule has 2 aromatic rings. The Balaban J connectivity index is 1.69. The van der Waals surface area contributed by atoms with Gasteiger partial charge in [0.2, 0.25) is 5.89 Å². The van der Waals surface area contributed by atoms with Crippen LogP contribution in [0.15, 0.2) is 28.8 Å². The van der Waals surface area contributed by atoms with Gasteiger partial charge in [-0.3, -0.25) is 0 Å². The predicted molar refractivity (Wildman–Crippen MR) is 72.9 cm³/mol. The molecule has 2 atom stereocenters. The summed E-state index contributed by atoms with van der Waals surface area (Å²) in [5.74, 6) is 1.88. The Morgan fingerprint density at radius 2 is 2.05 bits per heavy atom. The molecule has 0 aliphatic heterocycles. The Morgan fingerprint density at radius 1 is 1.26 bits per heavy atom. The zero-order valence-corrected chi connectivity index (χ0v) is 11.2. The van der Waals surface area contributed by atoms with Crippen molar-refractivity contribution >= 4 is 0 Å². The average Bonchev–Trinajstić information content (AvgIpc) is 3.01. The summed E-state index contributed by atoms with van der Waals surface area (Å²) < 4.78 is 5.38. The summed E-state index contributed by atoms with van der Waals surface area (Å²) in [7, 11) is 0. The lowest BCUT2D eigenvalue weighted by Gasteiger charge is -2.01. The first kappa shape index (κ1) is 12.4. The van der Waals surface area contributed by atoms with E-state index in [1.165, 1.54) is 11.1 Å². The van der Waals surface area contributed by atoms with E-state index in [0.29, 0.717) is 5.92 Å². The molecule has 1 aliphatic carbocycles. The van der Waals surface area contributed by atoms with Crippen molar-refractivity contribution in [2.75, 3.05) is 0 Å². The van der Waals surface area contributed by atoms with Crippen LogP contribution in [0.1, 0.15) is 48.0 Å². The minimum absolute atomic E-state index is 0.289. The van der Waals surface area contributed by atoms with Crippen molar-refractivity contribution in [3.05, 3.63) is 47.1 Å². The van der Waals surface area contributed by atoms with Gasteiger partial charge >= 0.3 is 0 Å². The molecule has 3 rings (SSSR count). The molecule has 1 aliphatic rings. The summed E-state index contributed by atoms with van der Waals surface area (Å²) >= 11 is 0. The molecule has 1 aromatic carbocycles. The molecule has 4 heteroatoms. The van der Waals surface area contributed by atoms with Crippen molar-refractivity contribution in [3.8, 4) is 0 Å². The van der Waals surface area contributed by atoms with Gasteiger partial charge in [0.05, 0.1) is 0 Å². The van der Waals surface area contributed by atoms with Gasteiger partial charge in [0.15, 0.2) is 5.82 Å². The van der Waals surface area contributed by atoms with E-state index in [2.05, 4.69) is 41.3 Å². The Hall–Kier alpha value is -1.68. The van der Waals surface area contributed by atoms with Gasteiger partial charge in [-0.05, 0) is 31.7 Å². The predicted octanol–water partition coefficient (Wildman–Crippen LogP) is 2.56. The summed E-state index contributed by atoms with van der Waals surface area (Å²) in [5, 5.41) is 4.08. The first-order valence-electron chi connectivity index (χ1n) is 6.84. The number of hydrogen-bond donors (Lipinski definition) is 1. The number of benzene rings is 1. The van der Waals surface area contributed by atoms with Crippen molar-refractivity contribution in [1.29, 1.82) is 0 Å². The summed E-state index contributed by atoms with van der Waals surface area (Å²) in [5.41, 5.74) is 8.39. The van der Waals surface area contributed by atoms with E-state index in [-0.39, 0.29) is 6.04 Å². The van der Waals surface area contributed by atoms with Crippen molar-refractivity contribution < 1.29 is 4.52 Å². The molecule has 4 nitrogen and oxygen atoms in total. The lowest BCUT2D eigenvalue weighted by molar-refractivity contribution is 0.350. The van der Waals surface area contributed by atoms with E-state index >= 15 is 0 Å². The van der Waals surface area contributed by atoms with Gasteiger partial charge in [0, 0.05) is 18.4 Å². The van der Waals surface area contributed by atoms with Crippen LogP contribution >= 0.6 is 0 Å². The Morgan fingerprint density at radius 3 is 2.74 bits per heavy atom. The second-order valence-corrected chi connectivity index (χ2v) is 5.48. The summed E-state index contributed by atoms with van der Waals surface area (Å²) in [6.07, 6.45) is 3.81. The molecule has 0 spiro atoms. The van der Waals surface area contributed by atoms with Gasteiger partial charge in [0.1, 0.15) is 0 Å². The zero-order valence-electron chi connectivity index (χ0n) is 11.2. The minimum atomic E-state index is 0.289. The molecular formula is C15H19N3O. The molecule has 0 saturated heterocycles. The van der Waals surface area contributed by atoms with E-state index < -0.39 is 0 Å². The Kier molecular flexibility index (Phi) is 3.34. The molecule has 1 fully saturated rings. The fourth-order valence-corrected chi connectivity index (χ4v) is 2.63. The maximum Gasteiger partial charge on any atom is 0.229 e. The summed E-state index contributed by atoms with van der Waals surface area (Å²) in [4.78, 5) is 4.51. The van der Waals surface area contributed by atoms with Gasteiger partial charge in [-0.2, -0.15) is 4.98 Å². The molecule has 100 valence electrons. The Labute approximate surface area is 113 Å². The normalized spacial score (nSPS) is 22.8. The van der Waals surface area contributed by atoms with E-state index in [9.17, 15) is 0 Å². The fraction of sp³-hybridized carbons (Fsp3) is 0.467. The molecule has 2 N–H and O–H groups in total. The van der Waals surface area contributed by atoms with Crippen molar-refractivity contribution in [2.45, 2.75) is 44.6 Å². The van der Waals surface area contributed by atoms with Crippen LogP contribution in [-0.4, -0.2) is 16.2 Å². The molecule has 19 heavy (non-hydrogen) atoms. The lowest BCUT2D eigenvalue weighted by atomic mass is 10.1. The SMILES string of the molecule is Cc1ccc(Cc2noc([C@@H]3CC[C@H](N)C3)n2)cc1. The van der Waals surface area contributed by atoms with Gasteiger partial charge in [-0.15, -0.1) is 0 Å². The monoisotopic (exact) mass is 257 g/mol. The number of hydrogen-bond acceptors (Lipinski definition) is 4. The lowest BCUT2D eigenvalue weighted by Crippen LogP contribution is -2.14. The standard InChI is InChI=1S/C15H19N3O/c1-10-2-4-11(5-3-10)8-14-17-15(19-18-14)12-6-7-13(16)9-12/h2-5,12-13H,6-9,16H2,1H3/t12-,13+/m1/s1. The molecule has 1 aromatic heterocycles. The number of aryl methyl sites for hydroxylation is 1. The topological polar surface area (TPSA) is 64.9 Å². The molecule has 0 unspecified atom stereocenters. The van der Waals surface area contributed by atoms with Crippen LogP contribution in [0.4, 0.5) is 0 Å². The second-order valence-electron chi connectivity index (χ2n) is 5.48. The van der Waals surface area contributed by atoms with Gasteiger partial charge in [0.25, 0.3) is 0 Å². The Bertz CT molecular complexity index is 547. The van der Waals surface area contributed by atoms with E-state index in [1.807, 2.05) is 0 Å². The van der Waals surface area contributed by atoms with E-state index in [1.54, 1.807) is 0 Å².